The van der Waals surface area contributed by atoms with Crippen molar-refractivity contribution in [3.05, 3.63) is 18.6 Å². The fraction of sp³-hybridized carbons (Fsp3) is 0.667. The van der Waals surface area contributed by atoms with E-state index in [9.17, 15) is 4.79 Å². The van der Waals surface area contributed by atoms with Crippen molar-refractivity contribution in [1.82, 2.24) is 14.9 Å². The van der Waals surface area contributed by atoms with Crippen LogP contribution in [-0.2, 0) is 28.6 Å². The Morgan fingerprint density at radius 3 is 2.45 bits per heavy atom. The summed E-state index contributed by atoms with van der Waals surface area (Å²) in [7, 11) is 1.71. The molecule has 2 aliphatic heterocycles. The van der Waals surface area contributed by atoms with E-state index in [1.807, 2.05) is 4.90 Å². The maximum atomic E-state index is 12.9. The number of amides is 1. The average Bonchev–Trinajstić information content (AvgIpc) is 2.99. The number of aromatic nitrogens is 2. The molecule has 1 aromatic heterocycles. The van der Waals surface area contributed by atoms with E-state index in [-0.39, 0.29) is 11.5 Å². The molecule has 33 heavy (non-hydrogen) atoms. The van der Waals surface area contributed by atoms with Gasteiger partial charge < -0.3 is 34.2 Å². The van der Waals surface area contributed by atoms with E-state index >= 15 is 0 Å². The Morgan fingerprint density at radius 2 is 1.88 bits per heavy atom. The van der Waals surface area contributed by atoms with Crippen molar-refractivity contribution in [3.8, 4) is 0 Å². The summed E-state index contributed by atoms with van der Waals surface area (Å²) in [6.45, 7) is 4.10. The predicted molar refractivity (Wildman–Crippen MR) is 114 cm³/mol. The summed E-state index contributed by atoms with van der Waals surface area (Å²) in [5, 5.41) is 14.8. The van der Waals surface area contributed by atoms with E-state index in [2.05, 4.69) is 14.9 Å². The third kappa shape index (κ3) is 6.36. The lowest BCUT2D eigenvalue weighted by Gasteiger charge is -2.45. The highest BCUT2D eigenvalue weighted by molar-refractivity contribution is 6.27. The zero-order valence-electron chi connectivity index (χ0n) is 18.6. The van der Waals surface area contributed by atoms with Crippen LogP contribution in [0, 0.1) is 0 Å². The van der Waals surface area contributed by atoms with Crippen LogP contribution in [0.3, 0.4) is 0 Å². The smallest absolute Gasteiger partial charge is 0.414 e. The van der Waals surface area contributed by atoms with Crippen molar-refractivity contribution < 1.29 is 38.8 Å². The number of aliphatic carboxylic acids is 2. The van der Waals surface area contributed by atoms with Gasteiger partial charge >= 0.3 is 11.9 Å². The number of morpholine rings is 1. The number of nitrogens with zero attached hydrogens (tertiary/aromatic N) is 4. The van der Waals surface area contributed by atoms with Gasteiger partial charge in [0.2, 0.25) is 5.91 Å². The first-order valence-corrected chi connectivity index (χ1v) is 10.8. The Morgan fingerprint density at radius 1 is 1.12 bits per heavy atom. The van der Waals surface area contributed by atoms with Gasteiger partial charge in [-0.1, -0.05) is 0 Å². The quantitative estimate of drug-likeness (QED) is 0.578. The first-order chi connectivity index (χ1) is 15.8. The first kappa shape index (κ1) is 24.8. The van der Waals surface area contributed by atoms with E-state index in [4.69, 9.17) is 34.0 Å². The van der Waals surface area contributed by atoms with Gasteiger partial charge in [0.05, 0.1) is 51.1 Å². The van der Waals surface area contributed by atoms with Crippen LogP contribution in [0.5, 0.6) is 0 Å². The molecule has 12 nitrogen and oxygen atoms in total. The fourth-order valence-corrected chi connectivity index (χ4v) is 4.21. The van der Waals surface area contributed by atoms with Gasteiger partial charge in [-0.05, 0) is 19.3 Å². The largest absolute Gasteiger partial charge is 0.473 e. The molecule has 0 aromatic carbocycles. The number of ether oxygens (including phenoxy) is 3. The van der Waals surface area contributed by atoms with Gasteiger partial charge in [-0.15, -0.1) is 0 Å². The molecule has 0 bridgehead atoms. The summed E-state index contributed by atoms with van der Waals surface area (Å²) >= 11 is 0. The lowest BCUT2D eigenvalue weighted by molar-refractivity contribution is -0.165. The van der Waals surface area contributed by atoms with Gasteiger partial charge in [0, 0.05) is 32.6 Å². The van der Waals surface area contributed by atoms with Crippen molar-refractivity contribution in [2.45, 2.75) is 36.9 Å². The predicted octanol–water partition coefficient (Wildman–Crippen LogP) is 0.0256. The van der Waals surface area contributed by atoms with E-state index in [1.165, 1.54) is 0 Å². The zero-order chi connectivity index (χ0) is 23.9. The Labute approximate surface area is 191 Å². The zero-order valence-corrected chi connectivity index (χ0v) is 18.6. The molecular formula is C21H30N4O8. The van der Waals surface area contributed by atoms with Gasteiger partial charge in [-0.3, -0.25) is 9.78 Å². The SMILES string of the molecule is COC1(CC(=O)N2CCOC3(COCCN(c4cnccn4)C3)C2)CCC1.O=C(O)C(=O)O. The van der Waals surface area contributed by atoms with Crippen molar-refractivity contribution >= 4 is 23.7 Å². The molecule has 1 aliphatic carbocycles. The maximum Gasteiger partial charge on any atom is 0.414 e. The molecule has 3 fully saturated rings. The van der Waals surface area contributed by atoms with Crippen LogP contribution in [0.15, 0.2) is 18.6 Å². The Bertz CT molecular complexity index is 817. The van der Waals surface area contributed by atoms with Crippen LogP contribution in [0.25, 0.3) is 0 Å². The molecule has 12 heteroatoms. The molecule has 1 atom stereocenters. The van der Waals surface area contributed by atoms with Crippen LogP contribution in [0.4, 0.5) is 5.82 Å². The number of carboxylic acids is 2. The third-order valence-electron chi connectivity index (χ3n) is 6.18. The number of carboxylic acid groups (broad SMARTS) is 2. The molecule has 3 aliphatic rings. The summed E-state index contributed by atoms with van der Waals surface area (Å²) in [5.74, 6) is -2.69. The summed E-state index contributed by atoms with van der Waals surface area (Å²) in [5.41, 5.74) is -0.796. The number of carbonyl (C=O) groups excluding carboxylic acids is 1. The molecule has 0 radical (unpaired) electrons. The van der Waals surface area contributed by atoms with Crippen molar-refractivity contribution in [2.24, 2.45) is 0 Å². The van der Waals surface area contributed by atoms with Crippen molar-refractivity contribution in [3.63, 3.8) is 0 Å². The Hall–Kier alpha value is -2.83. The molecule has 2 saturated heterocycles. The lowest BCUT2D eigenvalue weighted by atomic mass is 9.77. The summed E-state index contributed by atoms with van der Waals surface area (Å²) in [6, 6.07) is 0. The third-order valence-corrected chi connectivity index (χ3v) is 6.18. The number of anilines is 1. The van der Waals surface area contributed by atoms with Crippen LogP contribution < -0.4 is 4.90 Å². The molecule has 1 aromatic rings. The molecular weight excluding hydrogens is 436 g/mol. The summed E-state index contributed by atoms with van der Waals surface area (Å²) in [6.07, 6.45) is 8.63. The van der Waals surface area contributed by atoms with Gasteiger partial charge in [0.15, 0.2) is 0 Å². The minimum Gasteiger partial charge on any atom is -0.473 e. The lowest BCUT2D eigenvalue weighted by Crippen LogP contribution is -2.60. The molecule has 2 N–H and O–H groups in total. The second kappa shape index (κ2) is 10.9. The van der Waals surface area contributed by atoms with E-state index in [0.29, 0.717) is 45.9 Å². The maximum absolute atomic E-state index is 12.9. The van der Waals surface area contributed by atoms with Crippen LogP contribution in [0.1, 0.15) is 25.7 Å². The van der Waals surface area contributed by atoms with Crippen molar-refractivity contribution in [2.75, 3.05) is 58.0 Å². The van der Waals surface area contributed by atoms with Gasteiger partial charge in [0.1, 0.15) is 11.4 Å². The number of hydrogen-bond donors (Lipinski definition) is 2. The molecule has 1 spiro atoms. The Balaban J connectivity index is 0.000000454. The van der Waals surface area contributed by atoms with Gasteiger partial charge in [-0.25, -0.2) is 14.6 Å². The first-order valence-electron chi connectivity index (χ1n) is 10.8. The second-order valence-corrected chi connectivity index (χ2v) is 8.41. The number of methoxy groups -OCH3 is 1. The highest BCUT2D eigenvalue weighted by Gasteiger charge is 2.45. The van der Waals surface area contributed by atoms with E-state index in [1.54, 1.807) is 25.7 Å². The van der Waals surface area contributed by atoms with Crippen molar-refractivity contribution in [1.29, 1.82) is 0 Å². The number of hydrogen-bond acceptors (Lipinski definition) is 9. The van der Waals surface area contributed by atoms with Crippen LogP contribution in [-0.4, -0.2) is 107 Å². The monoisotopic (exact) mass is 466 g/mol. The minimum atomic E-state index is -1.82. The summed E-state index contributed by atoms with van der Waals surface area (Å²) < 4.78 is 17.7. The minimum absolute atomic E-state index is 0.148. The highest BCUT2D eigenvalue weighted by Crippen LogP contribution is 2.38. The molecule has 4 rings (SSSR count). The highest BCUT2D eigenvalue weighted by atomic mass is 16.5. The molecule has 3 heterocycles. The normalized spacial score (nSPS) is 24.2. The Kier molecular flexibility index (Phi) is 8.16. The van der Waals surface area contributed by atoms with Crippen LogP contribution >= 0.6 is 0 Å². The second-order valence-electron chi connectivity index (χ2n) is 8.41. The molecule has 1 unspecified atom stereocenters. The number of rotatable bonds is 4. The topological polar surface area (TPSA) is 152 Å². The van der Waals surface area contributed by atoms with Gasteiger partial charge in [0.25, 0.3) is 0 Å². The molecule has 1 saturated carbocycles. The molecule has 1 amide bonds. The fourth-order valence-electron chi connectivity index (χ4n) is 4.21. The standard InChI is InChI=1S/C19H28N4O4.C2H2O4/c1-25-18(3-2-4-18)11-17(24)23-8-10-27-19(14-23)13-22(7-9-26-15-19)16-12-20-5-6-21-16;3-1(4)2(5)6/h5-6,12H,2-4,7-11,13-15H2,1H3;(H,3,4)(H,5,6). The average molecular weight is 466 g/mol. The number of carbonyl (C=O) groups is 3. The van der Waals surface area contributed by atoms with Crippen LogP contribution in [0.2, 0.25) is 0 Å². The molecule has 182 valence electrons. The van der Waals surface area contributed by atoms with Gasteiger partial charge in [-0.2, -0.15) is 0 Å². The summed E-state index contributed by atoms with van der Waals surface area (Å²) in [4.78, 5) is 43.8. The van der Waals surface area contributed by atoms with E-state index < -0.39 is 17.5 Å². The van der Waals surface area contributed by atoms with E-state index in [0.717, 1.165) is 31.6 Å².